The normalized spacial score (nSPS) is 14.5. The summed E-state index contributed by atoms with van der Waals surface area (Å²) in [6.07, 6.45) is -1.61. The fraction of sp³-hybridized carbons (Fsp3) is 0.0769. The Labute approximate surface area is 208 Å². The van der Waals surface area contributed by atoms with E-state index in [0.29, 0.717) is 11.4 Å². The van der Waals surface area contributed by atoms with Crippen LogP contribution in [-0.2, 0) is 6.18 Å². The number of benzene rings is 2. The van der Waals surface area contributed by atoms with Gasteiger partial charge in [-0.3, -0.25) is 0 Å². The van der Waals surface area contributed by atoms with Crippen molar-refractivity contribution in [1.29, 1.82) is 10.5 Å². The number of hydrogen-bond donors (Lipinski definition) is 0. The van der Waals surface area contributed by atoms with Gasteiger partial charge < -0.3 is 0 Å². The molecule has 5 rings (SSSR count). The largest absolute Gasteiger partial charge is 0.435 e. The number of hydrogen-bond acceptors (Lipinski definition) is 8. The van der Waals surface area contributed by atoms with E-state index < -0.39 is 17.6 Å². The van der Waals surface area contributed by atoms with E-state index in [1.54, 1.807) is 37.5 Å². The summed E-state index contributed by atoms with van der Waals surface area (Å²) < 4.78 is 42.4. The summed E-state index contributed by atoms with van der Waals surface area (Å²) in [7, 11) is 0. The highest BCUT2D eigenvalue weighted by Gasteiger charge is 2.41. The quantitative estimate of drug-likeness (QED) is 0.322. The lowest BCUT2D eigenvalue weighted by Crippen LogP contribution is -2.30. The van der Waals surface area contributed by atoms with Gasteiger partial charge in [-0.1, -0.05) is 60.7 Å². The van der Waals surface area contributed by atoms with Crippen molar-refractivity contribution in [3.05, 3.63) is 94.8 Å². The summed E-state index contributed by atoms with van der Waals surface area (Å²) in [6.45, 7) is 1.67. The van der Waals surface area contributed by atoms with E-state index in [1.807, 2.05) is 30.3 Å². The van der Waals surface area contributed by atoms with Gasteiger partial charge in [-0.2, -0.15) is 33.7 Å². The monoisotopic (exact) mass is 494 g/mol. The lowest BCUT2D eigenvalue weighted by molar-refractivity contribution is -0.140. The van der Waals surface area contributed by atoms with E-state index in [2.05, 4.69) is 29.9 Å². The molecule has 0 aliphatic heterocycles. The van der Waals surface area contributed by atoms with E-state index in [1.165, 1.54) is 12.1 Å². The minimum atomic E-state index is -4.88. The maximum Gasteiger partial charge on any atom is 0.435 e. The van der Waals surface area contributed by atoms with Gasteiger partial charge >= 0.3 is 6.18 Å². The van der Waals surface area contributed by atoms with E-state index in [0.717, 1.165) is 5.56 Å². The van der Waals surface area contributed by atoms with Gasteiger partial charge in [0, 0.05) is 11.1 Å². The van der Waals surface area contributed by atoms with Crippen molar-refractivity contribution in [2.24, 2.45) is 9.98 Å². The first-order valence-corrected chi connectivity index (χ1v) is 10.8. The van der Waals surface area contributed by atoms with Crippen molar-refractivity contribution in [2.75, 3.05) is 0 Å². The molecular weight excluding hydrogens is 481 g/mol. The van der Waals surface area contributed by atoms with E-state index >= 15 is 0 Å². The highest BCUT2D eigenvalue weighted by atomic mass is 19.4. The van der Waals surface area contributed by atoms with Gasteiger partial charge in [-0.05, 0) is 6.92 Å². The molecule has 0 N–H and O–H groups in total. The number of alkyl halides is 3. The third-order valence-electron chi connectivity index (χ3n) is 5.55. The van der Waals surface area contributed by atoms with Crippen molar-refractivity contribution in [1.82, 2.24) is 19.9 Å². The Bertz CT molecular complexity index is 1680. The van der Waals surface area contributed by atoms with Crippen molar-refractivity contribution in [3.8, 4) is 34.9 Å². The van der Waals surface area contributed by atoms with Crippen molar-refractivity contribution in [3.63, 3.8) is 0 Å². The zero-order chi connectivity index (χ0) is 26.2. The van der Waals surface area contributed by atoms with Crippen LogP contribution in [-0.4, -0.2) is 31.4 Å². The van der Waals surface area contributed by atoms with Gasteiger partial charge in [0.2, 0.25) is 12.4 Å². The van der Waals surface area contributed by atoms with Crippen LogP contribution < -0.4 is 0 Å². The van der Waals surface area contributed by atoms with Gasteiger partial charge in [0.05, 0.1) is 11.4 Å². The van der Waals surface area contributed by atoms with Crippen LogP contribution in [0.4, 0.5) is 13.2 Å². The first-order chi connectivity index (χ1) is 17.8. The molecule has 0 fully saturated rings. The van der Waals surface area contributed by atoms with Crippen LogP contribution in [0.3, 0.4) is 0 Å². The molecule has 0 saturated carbocycles. The average Bonchev–Trinajstić information content (AvgIpc) is 2.90. The Morgan fingerprint density at radius 3 is 1.54 bits per heavy atom. The second kappa shape index (κ2) is 9.06. The average molecular weight is 494 g/mol. The zero-order valence-electron chi connectivity index (χ0n) is 19.0. The summed E-state index contributed by atoms with van der Waals surface area (Å²) in [5.74, 6) is 0. The van der Waals surface area contributed by atoms with Crippen molar-refractivity contribution in [2.45, 2.75) is 13.1 Å². The minimum Gasteiger partial charge on any atom is -0.247 e. The highest BCUT2D eigenvalue weighted by Crippen LogP contribution is 2.37. The molecule has 1 aliphatic rings. The van der Waals surface area contributed by atoms with Crippen LogP contribution in [0.2, 0.25) is 0 Å². The molecule has 11 heteroatoms. The topological polar surface area (TPSA) is 124 Å². The van der Waals surface area contributed by atoms with Crippen molar-refractivity contribution < 1.29 is 13.2 Å². The third-order valence-corrected chi connectivity index (χ3v) is 5.55. The fourth-order valence-electron chi connectivity index (χ4n) is 4.02. The molecule has 37 heavy (non-hydrogen) atoms. The molecule has 1 aliphatic carbocycles. The van der Waals surface area contributed by atoms with E-state index in [4.69, 9.17) is 0 Å². The number of nitrogens with zero attached hydrogens (tertiary/aromatic N) is 8. The van der Waals surface area contributed by atoms with Crippen LogP contribution in [0, 0.1) is 29.8 Å². The van der Waals surface area contributed by atoms with Crippen molar-refractivity contribution >= 4 is 11.4 Å². The minimum absolute atomic E-state index is 0.0184. The van der Waals surface area contributed by atoms with Gasteiger partial charge in [-0.25, -0.2) is 19.9 Å². The molecule has 2 aromatic heterocycles. The number of aromatic nitrogens is 4. The van der Waals surface area contributed by atoms with E-state index in [-0.39, 0.29) is 39.8 Å². The SMILES string of the molecule is Cc1nc2c(nc1-c1ccccc1)C(=NC#N)c1nc(-c3ccccc3)c(C(F)(F)F)nc1C2=NC#N. The summed E-state index contributed by atoms with van der Waals surface area (Å²) in [6, 6.07) is 16.8. The second-order valence-corrected chi connectivity index (χ2v) is 7.82. The summed E-state index contributed by atoms with van der Waals surface area (Å²) in [5, 5.41) is 18.8. The molecule has 0 saturated heterocycles. The van der Waals surface area contributed by atoms with Crippen LogP contribution >= 0.6 is 0 Å². The van der Waals surface area contributed by atoms with E-state index in [9.17, 15) is 23.7 Å². The highest BCUT2D eigenvalue weighted by molar-refractivity contribution is 6.29. The zero-order valence-corrected chi connectivity index (χ0v) is 19.0. The Morgan fingerprint density at radius 2 is 1.05 bits per heavy atom. The Morgan fingerprint density at radius 1 is 0.622 bits per heavy atom. The number of aliphatic imine (C=N–C) groups is 2. The number of aryl methyl sites for hydroxylation is 1. The molecule has 2 aromatic carbocycles. The smallest absolute Gasteiger partial charge is 0.247 e. The fourth-order valence-corrected chi connectivity index (χ4v) is 4.02. The molecule has 0 bridgehead atoms. The maximum absolute atomic E-state index is 14.1. The van der Waals surface area contributed by atoms with Gasteiger partial charge in [0.25, 0.3) is 0 Å². The molecule has 8 nitrogen and oxygen atoms in total. The first-order valence-electron chi connectivity index (χ1n) is 10.8. The second-order valence-electron chi connectivity index (χ2n) is 7.82. The standard InChI is InChI=1S/C26H13F3N8/c1-14-17(15-8-4-2-5-9-15)35-22-20(33-13-31)23-24(19(32-12-30)21(22)34-14)37-25(26(27,28)29)18(36-23)16-10-6-3-7-11-16/h2-11H,1H3. The predicted molar refractivity (Wildman–Crippen MR) is 127 cm³/mol. The third kappa shape index (κ3) is 4.09. The van der Waals surface area contributed by atoms with Crippen LogP contribution in [0.5, 0.6) is 0 Å². The number of fused-ring (bicyclic) bond motifs is 2. The molecule has 0 unspecified atom stereocenters. The molecule has 2 heterocycles. The summed E-state index contributed by atoms with van der Waals surface area (Å²) in [4.78, 5) is 24.9. The number of nitriles is 2. The first kappa shape index (κ1) is 23.5. The number of rotatable bonds is 2. The molecule has 0 amide bonds. The summed E-state index contributed by atoms with van der Waals surface area (Å²) in [5.41, 5.74) is -0.795. The van der Waals surface area contributed by atoms with Crippen LogP contribution in [0.15, 0.2) is 70.6 Å². The van der Waals surface area contributed by atoms with Crippen LogP contribution in [0.25, 0.3) is 22.5 Å². The predicted octanol–water partition coefficient (Wildman–Crippen LogP) is 4.88. The molecule has 0 radical (unpaired) electrons. The Kier molecular flexibility index (Phi) is 5.74. The molecule has 4 aromatic rings. The lowest BCUT2D eigenvalue weighted by Gasteiger charge is -2.23. The van der Waals surface area contributed by atoms with Crippen LogP contribution in [0.1, 0.15) is 34.2 Å². The maximum atomic E-state index is 14.1. The van der Waals surface area contributed by atoms with Gasteiger partial charge in [0.1, 0.15) is 39.9 Å². The Balaban J connectivity index is 1.87. The lowest BCUT2D eigenvalue weighted by atomic mass is 9.94. The summed E-state index contributed by atoms with van der Waals surface area (Å²) >= 11 is 0. The van der Waals surface area contributed by atoms with Gasteiger partial charge in [0.15, 0.2) is 5.69 Å². The molecule has 0 spiro atoms. The molecular formula is C26H13F3N8. The van der Waals surface area contributed by atoms with Gasteiger partial charge in [-0.15, -0.1) is 0 Å². The molecule has 178 valence electrons. The Hall–Kier alpha value is -5.29. The molecule has 0 atom stereocenters. The number of halogens is 3.